The molecule has 0 aromatic heterocycles. The Morgan fingerprint density at radius 3 is 1.90 bits per heavy atom. The Labute approximate surface area is 440 Å². The zero-order chi connectivity index (χ0) is 49.8. The third-order valence-electron chi connectivity index (χ3n) is 13.8. The number of amides is 1. The molecule has 4 rings (SSSR count). The molecule has 1 radical (unpaired) electrons. The maximum absolute atomic E-state index is 15.4. The fourth-order valence-electron chi connectivity index (χ4n) is 9.91. The number of nitrogens with one attached hydrogen (secondary N) is 1. The van der Waals surface area contributed by atoms with Crippen LogP contribution in [0.5, 0.6) is 0 Å². The number of ether oxygens (including phenoxy) is 5. The molecular formula is C53H79AcNO13. The van der Waals surface area contributed by atoms with Crippen LogP contribution in [0.4, 0.5) is 4.79 Å². The first-order valence-electron chi connectivity index (χ1n) is 24.0. The Hall–Kier alpha value is -2.74. The van der Waals surface area contributed by atoms with Gasteiger partial charge in [0.1, 0.15) is 22.9 Å². The summed E-state index contributed by atoms with van der Waals surface area (Å²) < 4.78 is 29.5. The maximum atomic E-state index is 15.4. The van der Waals surface area contributed by atoms with Crippen LogP contribution in [0, 0.1) is 60.8 Å². The first kappa shape index (κ1) is 59.6. The molecule has 0 aromatic carbocycles. The number of hydrogen-bond donors (Lipinski definition) is 5. The van der Waals surface area contributed by atoms with E-state index in [2.05, 4.69) is 66.9 Å². The molecule has 0 aromatic rings. The predicted molar refractivity (Wildman–Crippen MR) is 255 cm³/mol. The summed E-state index contributed by atoms with van der Waals surface area (Å²) in [6.07, 6.45) is 21.5. The molecule has 2 bridgehead atoms. The molecular weight excluding hydrogens is 1090 g/mol. The molecule has 15 heteroatoms. The van der Waals surface area contributed by atoms with Crippen LogP contribution in [-0.2, 0) is 38.1 Å². The Kier molecular flexibility index (Phi) is 22.9. The van der Waals surface area contributed by atoms with Crippen molar-refractivity contribution < 1.29 is 107 Å². The van der Waals surface area contributed by atoms with E-state index in [-0.39, 0.29) is 82.1 Å². The molecule has 5 N–H and O–H groups in total. The van der Waals surface area contributed by atoms with Gasteiger partial charge in [0.25, 0.3) is 0 Å². The van der Waals surface area contributed by atoms with Crippen molar-refractivity contribution in [2.45, 2.75) is 193 Å². The van der Waals surface area contributed by atoms with Crippen molar-refractivity contribution in [2.24, 2.45) is 16.7 Å². The van der Waals surface area contributed by atoms with Crippen LogP contribution in [0.25, 0.3) is 0 Å². The first-order valence-corrected chi connectivity index (χ1v) is 24.0. The van der Waals surface area contributed by atoms with Crippen molar-refractivity contribution in [2.75, 3.05) is 13.2 Å². The van der Waals surface area contributed by atoms with Gasteiger partial charge in [0, 0.05) is 81.6 Å². The van der Waals surface area contributed by atoms with E-state index in [4.69, 9.17) is 23.7 Å². The van der Waals surface area contributed by atoms with Gasteiger partial charge >= 0.3 is 18.0 Å². The molecule has 377 valence electrons. The van der Waals surface area contributed by atoms with Gasteiger partial charge in [-0.05, 0) is 97.6 Å². The van der Waals surface area contributed by atoms with Gasteiger partial charge in [-0.25, -0.2) is 4.79 Å². The van der Waals surface area contributed by atoms with Gasteiger partial charge in [-0.3, -0.25) is 14.4 Å². The Morgan fingerprint density at radius 1 is 0.882 bits per heavy atom. The first-order chi connectivity index (χ1) is 31.5. The number of esters is 2. The van der Waals surface area contributed by atoms with E-state index in [1.54, 1.807) is 48.5 Å². The summed E-state index contributed by atoms with van der Waals surface area (Å²) in [6, 6.07) is -0.837. The number of carbonyl (C=O) groups is 4. The number of carbonyl (C=O) groups excluding carboxylic acids is 4. The van der Waals surface area contributed by atoms with Crippen LogP contribution < -0.4 is 5.32 Å². The van der Waals surface area contributed by atoms with E-state index >= 15 is 4.79 Å². The second-order valence-corrected chi connectivity index (χ2v) is 20.2. The molecule has 0 unspecified atom stereocenters. The van der Waals surface area contributed by atoms with Gasteiger partial charge in [0.2, 0.25) is 0 Å². The van der Waals surface area contributed by atoms with Crippen LogP contribution in [0.1, 0.15) is 133 Å². The van der Waals surface area contributed by atoms with Crippen LogP contribution in [0.15, 0.2) is 84.1 Å². The standard InChI is InChI=1S/C53H79NO13.Ac/c1-11-12-13-14-15-16-17-18-19-20-21-22-23-24-25-26-27-28-29-30-42(58)66-44-43-35(2)39(63-33-38(56)36(3)54-48(60)67-49(5,6)7)32-53(62,50(43,8)9)47(65-37(4)55)45-51(10,46(44)59)40(57)31-41-52(45,61)34-64-41;/h12-13,15-16,18-19,21-22,24-25,27-28,36,38-41,44-45,47,56-57,61-62H,11,14,17,20,23,26,29-34H2,1-10H3,(H,54,60);/b13-12-,16-15-,19-18-,22-21-,25-24-,28-27-;/t36-,38-,39-,40-,41+,44+,45-,47-,51+,52-,53+;/m0./s1. The molecule has 1 aliphatic heterocycles. The van der Waals surface area contributed by atoms with Crippen molar-refractivity contribution >= 4 is 23.8 Å². The molecule has 4 aliphatic rings. The Bertz CT molecular complexity index is 1950. The molecule has 1 saturated heterocycles. The molecule has 3 fully saturated rings. The molecule has 68 heavy (non-hydrogen) atoms. The monoisotopic (exact) mass is 1160 g/mol. The van der Waals surface area contributed by atoms with Gasteiger partial charge in [-0.15, -0.1) is 0 Å². The number of aliphatic hydroxyl groups is 4. The number of hydrogen-bond acceptors (Lipinski definition) is 13. The number of rotatable bonds is 21. The normalized spacial score (nSPS) is 31.3. The van der Waals surface area contributed by atoms with Crippen LogP contribution in [0.3, 0.4) is 0 Å². The average Bonchev–Trinajstić information content (AvgIpc) is 3.23. The number of ketones is 1. The van der Waals surface area contributed by atoms with Crippen molar-refractivity contribution in [3.8, 4) is 0 Å². The Morgan fingerprint density at radius 2 is 1.41 bits per heavy atom. The van der Waals surface area contributed by atoms with Gasteiger partial charge < -0.3 is 49.4 Å². The molecule has 3 aliphatic carbocycles. The van der Waals surface area contributed by atoms with Crippen molar-refractivity contribution in [1.29, 1.82) is 0 Å². The zero-order valence-electron chi connectivity index (χ0n) is 42.1. The minimum atomic E-state index is -2.13. The molecule has 1 amide bonds. The van der Waals surface area contributed by atoms with Crippen LogP contribution >= 0.6 is 0 Å². The fraction of sp³-hybridized carbons (Fsp3) is 0.660. The number of fused-ring (bicyclic) bond motifs is 5. The minimum Gasteiger partial charge on any atom is -0.459 e. The summed E-state index contributed by atoms with van der Waals surface area (Å²) in [5.74, 6) is -3.66. The Balaban J connectivity index is 0.0000122. The fourth-order valence-corrected chi connectivity index (χ4v) is 9.91. The quantitative estimate of drug-likeness (QED) is 0.0428. The molecule has 2 saturated carbocycles. The molecule has 1 heterocycles. The average molecular weight is 1170 g/mol. The summed E-state index contributed by atoms with van der Waals surface area (Å²) in [5, 5.41) is 51.3. The summed E-state index contributed by atoms with van der Waals surface area (Å²) in [4.78, 5) is 54.7. The van der Waals surface area contributed by atoms with E-state index in [0.29, 0.717) is 18.4 Å². The van der Waals surface area contributed by atoms with E-state index in [1.165, 1.54) is 6.92 Å². The number of Topliss-reactive ketones (excluding diaryl/α,β-unsaturated/α-hetero) is 1. The number of allylic oxidation sites excluding steroid dienone is 12. The number of aliphatic hydroxyl groups excluding tert-OH is 2. The van der Waals surface area contributed by atoms with Gasteiger partial charge in [0.15, 0.2) is 11.9 Å². The predicted octanol–water partition coefficient (Wildman–Crippen LogP) is 7.54. The second kappa shape index (κ2) is 26.1. The van der Waals surface area contributed by atoms with Gasteiger partial charge in [0.05, 0.1) is 49.1 Å². The van der Waals surface area contributed by atoms with E-state index in [0.717, 1.165) is 39.0 Å². The van der Waals surface area contributed by atoms with Crippen molar-refractivity contribution in [1.82, 2.24) is 5.32 Å². The second-order valence-electron chi connectivity index (χ2n) is 20.2. The van der Waals surface area contributed by atoms with Gasteiger partial charge in [-0.2, -0.15) is 0 Å². The van der Waals surface area contributed by atoms with E-state index in [9.17, 15) is 34.8 Å². The summed E-state index contributed by atoms with van der Waals surface area (Å²) in [7, 11) is 0. The molecule has 0 spiro atoms. The molecule has 11 atom stereocenters. The third-order valence-corrected chi connectivity index (χ3v) is 13.8. The zero-order valence-corrected chi connectivity index (χ0v) is 46.8. The SMILES string of the molecule is CC/C=C\C/C=C\C/C=C\C/C=C\C/C=C\C/C=C\CCC(=O)O[C@H]1C(=O)[C@@]2(C)[C@H]([C@H](OC(C)=O)[C@]3(O)C[C@H](OC[C@H](O)[C@H](C)NC(=O)OC(C)(C)C)C(C)=C1C3(C)C)[C@]1(O)CO[C@@H]1C[C@@H]2O.[Ac]. The van der Waals surface area contributed by atoms with E-state index < -0.39 is 100 Å². The summed E-state index contributed by atoms with van der Waals surface area (Å²) in [5.41, 5.74) is -7.51. The van der Waals surface area contributed by atoms with Crippen LogP contribution in [0.2, 0.25) is 0 Å². The van der Waals surface area contributed by atoms with Gasteiger partial charge in [-0.1, -0.05) is 93.7 Å². The topological polar surface area (TPSA) is 207 Å². The smallest absolute Gasteiger partial charge is 0.407 e. The third kappa shape index (κ3) is 14.5. The molecule has 14 nitrogen and oxygen atoms in total. The minimum absolute atomic E-state index is 0. The summed E-state index contributed by atoms with van der Waals surface area (Å²) in [6.45, 7) is 15.8. The van der Waals surface area contributed by atoms with Crippen molar-refractivity contribution in [3.05, 3.63) is 84.1 Å². The summed E-state index contributed by atoms with van der Waals surface area (Å²) >= 11 is 0. The van der Waals surface area contributed by atoms with E-state index in [1.807, 2.05) is 18.2 Å². The van der Waals surface area contributed by atoms with Crippen molar-refractivity contribution in [3.63, 3.8) is 0 Å². The maximum Gasteiger partial charge on any atom is 0.407 e. The largest absolute Gasteiger partial charge is 0.459 e. The number of alkyl carbamates (subject to hydrolysis) is 1. The van der Waals surface area contributed by atoms with Crippen LogP contribution in [-0.4, -0.2) is 117 Å².